The van der Waals surface area contributed by atoms with E-state index in [0.717, 1.165) is 0 Å². The van der Waals surface area contributed by atoms with E-state index >= 15 is 0 Å². The predicted octanol–water partition coefficient (Wildman–Crippen LogP) is 1.02. The number of hydrogen-bond donors (Lipinski definition) is 2. The lowest BCUT2D eigenvalue weighted by molar-refractivity contribution is -0.137. The van der Waals surface area contributed by atoms with Crippen LogP contribution in [0.3, 0.4) is 0 Å². The minimum absolute atomic E-state index is 0.177. The first-order chi connectivity index (χ1) is 8.45. The molecule has 1 atom stereocenters. The van der Waals surface area contributed by atoms with Crippen LogP contribution >= 0.6 is 11.8 Å². The van der Waals surface area contributed by atoms with Gasteiger partial charge in [0.1, 0.15) is 11.8 Å². The van der Waals surface area contributed by atoms with E-state index in [1.54, 1.807) is 13.0 Å². The van der Waals surface area contributed by atoms with Gasteiger partial charge in [0.05, 0.1) is 12.9 Å². The summed E-state index contributed by atoms with van der Waals surface area (Å²) in [6.07, 6.45) is 0. The molecule has 0 saturated heterocycles. The van der Waals surface area contributed by atoms with E-state index in [1.807, 2.05) is 0 Å². The molecule has 0 aliphatic rings. The summed E-state index contributed by atoms with van der Waals surface area (Å²) in [5.41, 5.74) is 6.05. The fourth-order valence-electron chi connectivity index (χ4n) is 1.27. The van der Waals surface area contributed by atoms with E-state index < -0.39 is 18.0 Å². The summed E-state index contributed by atoms with van der Waals surface area (Å²) in [5.74, 6) is -0.0490. The average molecular weight is 273 g/mol. The molecular formula is C11H15NO5S. The van der Waals surface area contributed by atoms with E-state index in [2.05, 4.69) is 4.74 Å². The number of thioether (sulfide) groups is 1. The second-order valence-electron chi connectivity index (χ2n) is 3.68. The lowest BCUT2D eigenvalue weighted by atomic mass is 10.3. The Morgan fingerprint density at radius 1 is 1.61 bits per heavy atom. The summed E-state index contributed by atoms with van der Waals surface area (Å²) in [6, 6.07) is 0.831. The van der Waals surface area contributed by atoms with Gasteiger partial charge in [0, 0.05) is 11.3 Å². The Morgan fingerprint density at radius 2 is 2.28 bits per heavy atom. The summed E-state index contributed by atoms with van der Waals surface area (Å²) in [5, 5.41) is 8.61. The number of esters is 1. The molecule has 1 heterocycles. The Labute approximate surface area is 108 Å². The molecule has 1 aromatic rings. The standard InChI is InChI=1S/C11H15NO5S/c1-6-3-7(17-9(6)11(15)16-2)4-18-5-8(12)10(13)14/h3,8H,4-5,12H2,1-2H3,(H,13,14)/t8-/m0/s1. The van der Waals surface area contributed by atoms with Gasteiger partial charge in [0.25, 0.3) is 0 Å². The van der Waals surface area contributed by atoms with Crippen LogP contribution < -0.4 is 5.73 Å². The zero-order chi connectivity index (χ0) is 13.7. The number of aryl methyl sites for hydroxylation is 1. The maximum Gasteiger partial charge on any atom is 0.374 e. The number of carboxylic acid groups (broad SMARTS) is 1. The van der Waals surface area contributed by atoms with Crippen LogP contribution in [-0.4, -0.2) is 35.9 Å². The first-order valence-corrected chi connectivity index (χ1v) is 6.35. The molecule has 0 bridgehead atoms. The molecule has 0 aliphatic carbocycles. The maximum atomic E-state index is 11.3. The Hall–Kier alpha value is -1.47. The summed E-state index contributed by atoms with van der Waals surface area (Å²) < 4.78 is 9.89. The van der Waals surface area contributed by atoms with Crippen molar-refractivity contribution in [2.45, 2.75) is 18.7 Å². The number of carboxylic acids is 1. The zero-order valence-electron chi connectivity index (χ0n) is 10.1. The zero-order valence-corrected chi connectivity index (χ0v) is 11.0. The predicted molar refractivity (Wildman–Crippen MR) is 66.6 cm³/mol. The average Bonchev–Trinajstić information content (AvgIpc) is 2.69. The van der Waals surface area contributed by atoms with Crippen LogP contribution in [0.1, 0.15) is 21.9 Å². The fraction of sp³-hybridized carbons (Fsp3) is 0.455. The molecule has 0 amide bonds. The SMILES string of the molecule is COC(=O)c1oc(CSC[C@H](N)C(=O)O)cc1C. The van der Waals surface area contributed by atoms with Crippen LogP contribution in [0.5, 0.6) is 0 Å². The first-order valence-electron chi connectivity index (χ1n) is 5.19. The van der Waals surface area contributed by atoms with E-state index in [0.29, 0.717) is 17.1 Å². The molecule has 1 aromatic heterocycles. The number of furan rings is 1. The van der Waals surface area contributed by atoms with E-state index in [1.165, 1.54) is 18.9 Å². The summed E-state index contributed by atoms with van der Waals surface area (Å²) in [6.45, 7) is 1.74. The number of aliphatic carboxylic acids is 1. The highest BCUT2D eigenvalue weighted by Gasteiger charge is 2.17. The number of rotatable bonds is 6. The first kappa shape index (κ1) is 14.6. The fourth-order valence-corrected chi connectivity index (χ4v) is 2.13. The number of nitrogens with two attached hydrogens (primary N) is 1. The van der Waals surface area contributed by atoms with Crippen molar-refractivity contribution < 1.29 is 23.8 Å². The van der Waals surface area contributed by atoms with Gasteiger partial charge in [-0.25, -0.2) is 4.79 Å². The van der Waals surface area contributed by atoms with E-state index in [4.69, 9.17) is 15.3 Å². The molecule has 6 nitrogen and oxygen atoms in total. The van der Waals surface area contributed by atoms with Crippen molar-refractivity contribution in [1.82, 2.24) is 0 Å². The van der Waals surface area contributed by atoms with Crippen molar-refractivity contribution in [3.8, 4) is 0 Å². The highest BCUT2D eigenvalue weighted by Crippen LogP contribution is 2.20. The molecule has 0 saturated carbocycles. The largest absolute Gasteiger partial charge is 0.480 e. The number of carbonyl (C=O) groups excluding carboxylic acids is 1. The van der Waals surface area contributed by atoms with Crippen LogP contribution in [0.2, 0.25) is 0 Å². The molecule has 0 radical (unpaired) electrons. The Balaban J connectivity index is 2.54. The lowest BCUT2D eigenvalue weighted by Crippen LogP contribution is -2.32. The van der Waals surface area contributed by atoms with Gasteiger partial charge in [-0.05, 0) is 13.0 Å². The van der Waals surface area contributed by atoms with Crippen LogP contribution in [0.15, 0.2) is 10.5 Å². The quantitative estimate of drug-likeness (QED) is 0.746. The Kier molecular flexibility index (Phi) is 5.24. The topological polar surface area (TPSA) is 103 Å². The Bertz CT molecular complexity index is 443. The van der Waals surface area contributed by atoms with Gasteiger partial charge in [-0.2, -0.15) is 11.8 Å². The smallest absolute Gasteiger partial charge is 0.374 e. The van der Waals surface area contributed by atoms with Crippen molar-refractivity contribution in [1.29, 1.82) is 0 Å². The van der Waals surface area contributed by atoms with Crippen molar-refractivity contribution in [2.75, 3.05) is 12.9 Å². The molecule has 0 aliphatic heterocycles. The summed E-state index contributed by atoms with van der Waals surface area (Å²) in [7, 11) is 1.28. The molecule has 18 heavy (non-hydrogen) atoms. The highest BCUT2D eigenvalue weighted by atomic mass is 32.2. The molecule has 0 fully saturated rings. The molecule has 1 rings (SSSR count). The molecule has 0 unspecified atom stereocenters. The summed E-state index contributed by atoms with van der Waals surface area (Å²) in [4.78, 5) is 21.8. The summed E-state index contributed by atoms with van der Waals surface area (Å²) >= 11 is 1.33. The second kappa shape index (κ2) is 6.46. The lowest BCUT2D eigenvalue weighted by Gasteiger charge is -2.04. The number of carbonyl (C=O) groups is 2. The van der Waals surface area contributed by atoms with Gasteiger partial charge in [0.15, 0.2) is 0 Å². The minimum Gasteiger partial charge on any atom is -0.480 e. The van der Waals surface area contributed by atoms with Crippen LogP contribution in [-0.2, 0) is 15.3 Å². The molecule has 100 valence electrons. The highest BCUT2D eigenvalue weighted by molar-refractivity contribution is 7.98. The second-order valence-corrected chi connectivity index (χ2v) is 4.71. The van der Waals surface area contributed by atoms with Gasteiger partial charge in [0.2, 0.25) is 5.76 Å². The van der Waals surface area contributed by atoms with Gasteiger partial charge in [-0.15, -0.1) is 0 Å². The van der Waals surface area contributed by atoms with Crippen molar-refractivity contribution >= 4 is 23.7 Å². The normalized spacial score (nSPS) is 12.2. The third-order valence-corrected chi connectivity index (χ3v) is 3.28. The van der Waals surface area contributed by atoms with Crippen molar-refractivity contribution in [3.63, 3.8) is 0 Å². The third kappa shape index (κ3) is 3.78. The van der Waals surface area contributed by atoms with Gasteiger partial charge in [-0.1, -0.05) is 0 Å². The third-order valence-electron chi connectivity index (χ3n) is 2.20. The molecule has 3 N–H and O–H groups in total. The molecule has 0 aromatic carbocycles. The Morgan fingerprint density at radius 3 is 2.83 bits per heavy atom. The monoisotopic (exact) mass is 273 g/mol. The molecular weight excluding hydrogens is 258 g/mol. The van der Waals surface area contributed by atoms with E-state index in [-0.39, 0.29) is 11.5 Å². The van der Waals surface area contributed by atoms with Crippen molar-refractivity contribution in [3.05, 3.63) is 23.2 Å². The van der Waals surface area contributed by atoms with Gasteiger partial charge in [-0.3, -0.25) is 4.79 Å². The van der Waals surface area contributed by atoms with Crippen molar-refractivity contribution in [2.24, 2.45) is 5.73 Å². The van der Waals surface area contributed by atoms with E-state index in [9.17, 15) is 9.59 Å². The maximum absolute atomic E-state index is 11.3. The number of ether oxygens (including phenoxy) is 1. The van der Waals surface area contributed by atoms with Crippen LogP contribution in [0, 0.1) is 6.92 Å². The van der Waals surface area contributed by atoms with Gasteiger partial charge >= 0.3 is 11.9 Å². The molecule has 7 heteroatoms. The van der Waals surface area contributed by atoms with Gasteiger partial charge < -0.3 is 20.0 Å². The number of methoxy groups -OCH3 is 1. The minimum atomic E-state index is -1.03. The molecule has 0 spiro atoms. The number of hydrogen-bond acceptors (Lipinski definition) is 6. The van der Waals surface area contributed by atoms with Crippen LogP contribution in [0.25, 0.3) is 0 Å². The van der Waals surface area contributed by atoms with Crippen LogP contribution in [0.4, 0.5) is 0 Å².